The Morgan fingerprint density at radius 1 is 1.36 bits per heavy atom. The molecule has 2 aliphatic rings. The fraction of sp³-hybridized carbons (Fsp3) is 0.455. The first kappa shape index (κ1) is 8.96. The first-order valence-electron chi connectivity index (χ1n) is 5.00. The van der Waals surface area contributed by atoms with E-state index in [1.807, 2.05) is 6.07 Å². The molecule has 0 saturated carbocycles. The summed E-state index contributed by atoms with van der Waals surface area (Å²) in [6, 6.07) is 4.14. The SMILES string of the molecule is Clc1ccc(C2=CC3CNCC3C2)s1. The summed E-state index contributed by atoms with van der Waals surface area (Å²) in [5.41, 5.74) is 1.51. The number of nitrogens with one attached hydrogen (secondary N) is 1. The van der Waals surface area contributed by atoms with Gasteiger partial charge in [0, 0.05) is 11.4 Å². The van der Waals surface area contributed by atoms with E-state index in [4.69, 9.17) is 11.6 Å². The molecule has 0 aromatic carbocycles. The zero-order valence-electron chi connectivity index (χ0n) is 7.79. The molecule has 2 heterocycles. The summed E-state index contributed by atoms with van der Waals surface area (Å²) in [5, 5.41) is 3.43. The highest BCUT2D eigenvalue weighted by atomic mass is 35.5. The highest BCUT2D eigenvalue weighted by Crippen LogP contribution is 2.40. The molecule has 74 valence electrons. The van der Waals surface area contributed by atoms with Crippen LogP contribution in [-0.4, -0.2) is 13.1 Å². The summed E-state index contributed by atoms with van der Waals surface area (Å²) in [5.74, 6) is 1.61. The number of fused-ring (bicyclic) bond motifs is 1. The van der Waals surface area contributed by atoms with Crippen molar-refractivity contribution < 1.29 is 0 Å². The Labute approximate surface area is 92.8 Å². The number of hydrogen-bond acceptors (Lipinski definition) is 2. The Morgan fingerprint density at radius 2 is 2.29 bits per heavy atom. The molecule has 0 spiro atoms. The highest BCUT2D eigenvalue weighted by Gasteiger charge is 2.32. The third kappa shape index (κ3) is 1.42. The summed E-state index contributed by atoms with van der Waals surface area (Å²) in [6.07, 6.45) is 3.67. The van der Waals surface area contributed by atoms with Crippen LogP contribution >= 0.6 is 22.9 Å². The summed E-state index contributed by atoms with van der Waals surface area (Å²) >= 11 is 7.64. The van der Waals surface area contributed by atoms with Crippen LogP contribution < -0.4 is 5.32 Å². The molecule has 0 amide bonds. The number of halogens is 1. The van der Waals surface area contributed by atoms with Crippen molar-refractivity contribution in [2.75, 3.05) is 13.1 Å². The van der Waals surface area contributed by atoms with Crippen LogP contribution in [0.25, 0.3) is 5.57 Å². The number of allylic oxidation sites excluding steroid dienone is 1. The summed E-state index contributed by atoms with van der Waals surface area (Å²) < 4.78 is 0.899. The van der Waals surface area contributed by atoms with Crippen molar-refractivity contribution in [3.8, 4) is 0 Å². The van der Waals surface area contributed by atoms with Gasteiger partial charge in [-0.3, -0.25) is 0 Å². The van der Waals surface area contributed by atoms with Gasteiger partial charge in [-0.25, -0.2) is 0 Å². The molecule has 1 aromatic rings. The van der Waals surface area contributed by atoms with Gasteiger partial charge in [-0.1, -0.05) is 17.7 Å². The zero-order chi connectivity index (χ0) is 9.54. The van der Waals surface area contributed by atoms with Crippen molar-refractivity contribution in [3.63, 3.8) is 0 Å². The third-order valence-electron chi connectivity index (χ3n) is 3.18. The van der Waals surface area contributed by atoms with Crippen LogP contribution in [0.2, 0.25) is 4.34 Å². The van der Waals surface area contributed by atoms with E-state index >= 15 is 0 Å². The van der Waals surface area contributed by atoms with Crippen molar-refractivity contribution in [1.82, 2.24) is 5.32 Å². The van der Waals surface area contributed by atoms with Crippen LogP contribution in [0.3, 0.4) is 0 Å². The molecular formula is C11H12ClNS. The monoisotopic (exact) mass is 225 g/mol. The van der Waals surface area contributed by atoms with Gasteiger partial charge in [0.05, 0.1) is 4.34 Å². The summed E-state index contributed by atoms with van der Waals surface area (Å²) in [6.45, 7) is 2.34. The lowest BCUT2D eigenvalue weighted by molar-refractivity contribution is 0.536. The van der Waals surface area contributed by atoms with Crippen LogP contribution in [0.4, 0.5) is 0 Å². The molecule has 1 aliphatic heterocycles. The lowest BCUT2D eigenvalue weighted by Crippen LogP contribution is -2.08. The van der Waals surface area contributed by atoms with Gasteiger partial charge in [0.15, 0.2) is 0 Å². The number of hydrogen-bond donors (Lipinski definition) is 1. The first-order chi connectivity index (χ1) is 6.83. The van der Waals surface area contributed by atoms with Crippen LogP contribution in [0.15, 0.2) is 18.2 Å². The largest absolute Gasteiger partial charge is 0.316 e. The van der Waals surface area contributed by atoms with Gasteiger partial charge >= 0.3 is 0 Å². The molecule has 3 rings (SSSR count). The third-order valence-corrected chi connectivity index (χ3v) is 4.49. The molecule has 14 heavy (non-hydrogen) atoms. The molecule has 1 fully saturated rings. The fourth-order valence-electron chi connectivity index (χ4n) is 2.45. The van der Waals surface area contributed by atoms with Gasteiger partial charge < -0.3 is 5.32 Å². The van der Waals surface area contributed by atoms with E-state index in [-0.39, 0.29) is 0 Å². The van der Waals surface area contributed by atoms with Crippen LogP contribution in [0.1, 0.15) is 11.3 Å². The lowest BCUT2D eigenvalue weighted by atomic mass is 10.00. The molecule has 1 saturated heterocycles. The molecule has 1 nitrogen and oxygen atoms in total. The maximum absolute atomic E-state index is 5.94. The van der Waals surface area contributed by atoms with Crippen molar-refractivity contribution in [2.24, 2.45) is 11.8 Å². The quantitative estimate of drug-likeness (QED) is 0.775. The Bertz CT molecular complexity index is 382. The van der Waals surface area contributed by atoms with Gasteiger partial charge in [0.25, 0.3) is 0 Å². The van der Waals surface area contributed by atoms with Gasteiger partial charge in [-0.2, -0.15) is 0 Å². The molecule has 3 heteroatoms. The van der Waals surface area contributed by atoms with Crippen LogP contribution in [0, 0.1) is 11.8 Å². The van der Waals surface area contributed by atoms with Crippen molar-refractivity contribution in [1.29, 1.82) is 0 Å². The minimum atomic E-state index is 0.769. The van der Waals surface area contributed by atoms with E-state index in [9.17, 15) is 0 Å². The second kappa shape index (κ2) is 3.37. The Hall–Kier alpha value is -0.310. The average Bonchev–Trinajstić information content (AvgIpc) is 2.75. The van der Waals surface area contributed by atoms with Crippen LogP contribution in [0.5, 0.6) is 0 Å². The molecule has 1 N–H and O–H groups in total. The number of rotatable bonds is 1. The Kier molecular flexibility index (Phi) is 2.15. The first-order valence-corrected chi connectivity index (χ1v) is 6.19. The minimum Gasteiger partial charge on any atom is -0.316 e. The highest BCUT2D eigenvalue weighted by molar-refractivity contribution is 7.17. The molecule has 0 radical (unpaired) electrons. The van der Waals surface area contributed by atoms with E-state index < -0.39 is 0 Å². The Balaban J connectivity index is 1.87. The molecule has 1 aliphatic carbocycles. The van der Waals surface area contributed by atoms with E-state index in [1.54, 1.807) is 11.3 Å². The molecule has 1 aromatic heterocycles. The summed E-state index contributed by atoms with van der Waals surface area (Å²) in [4.78, 5) is 1.37. The standard InChI is InChI=1S/C11H12ClNS/c12-11-2-1-10(14-11)7-3-8-5-13-6-9(8)4-7/h1-3,8-9,13H,4-6H2. The Morgan fingerprint density at radius 3 is 3.00 bits per heavy atom. The number of thiophene rings is 1. The van der Waals surface area contributed by atoms with Crippen LogP contribution in [-0.2, 0) is 0 Å². The predicted octanol–water partition coefficient (Wildman–Crippen LogP) is 3.02. The minimum absolute atomic E-state index is 0.769. The zero-order valence-corrected chi connectivity index (χ0v) is 9.37. The molecule has 2 atom stereocenters. The normalized spacial score (nSPS) is 30.5. The van der Waals surface area contributed by atoms with Gasteiger partial charge in [0.2, 0.25) is 0 Å². The predicted molar refractivity (Wildman–Crippen MR) is 61.8 cm³/mol. The van der Waals surface area contributed by atoms with Gasteiger partial charge in [-0.05, 0) is 42.5 Å². The second-order valence-electron chi connectivity index (χ2n) is 4.08. The van der Waals surface area contributed by atoms with Crippen molar-refractivity contribution in [2.45, 2.75) is 6.42 Å². The summed E-state index contributed by atoms with van der Waals surface area (Å²) in [7, 11) is 0. The second-order valence-corrected chi connectivity index (χ2v) is 5.80. The smallest absolute Gasteiger partial charge is 0.0934 e. The van der Waals surface area contributed by atoms with Crippen molar-refractivity contribution >= 4 is 28.5 Å². The maximum Gasteiger partial charge on any atom is 0.0934 e. The molecule has 2 unspecified atom stereocenters. The topological polar surface area (TPSA) is 12.0 Å². The van der Waals surface area contributed by atoms with E-state index in [1.165, 1.54) is 23.4 Å². The van der Waals surface area contributed by atoms with E-state index in [2.05, 4.69) is 17.5 Å². The molecule has 0 bridgehead atoms. The van der Waals surface area contributed by atoms with E-state index in [0.29, 0.717) is 0 Å². The van der Waals surface area contributed by atoms with Gasteiger partial charge in [-0.15, -0.1) is 11.3 Å². The molecular weight excluding hydrogens is 214 g/mol. The van der Waals surface area contributed by atoms with Gasteiger partial charge in [0.1, 0.15) is 0 Å². The lowest BCUT2D eigenvalue weighted by Gasteiger charge is -2.04. The fourth-order valence-corrected chi connectivity index (χ4v) is 3.53. The van der Waals surface area contributed by atoms with Crippen molar-refractivity contribution in [3.05, 3.63) is 27.4 Å². The average molecular weight is 226 g/mol. The van der Waals surface area contributed by atoms with E-state index in [0.717, 1.165) is 22.7 Å². The maximum atomic E-state index is 5.94.